The monoisotopic (exact) mass is 293 g/mol. The molecule has 0 aliphatic heterocycles. The van der Waals surface area contributed by atoms with Crippen LogP contribution in [0.2, 0.25) is 0 Å². The molecule has 0 radical (unpaired) electrons. The van der Waals surface area contributed by atoms with Crippen LogP contribution in [0.4, 0.5) is 0 Å². The van der Waals surface area contributed by atoms with E-state index in [0.29, 0.717) is 5.75 Å². The van der Waals surface area contributed by atoms with Crippen LogP contribution in [-0.4, -0.2) is 34.9 Å². The molecule has 0 aliphatic rings. The third kappa shape index (κ3) is 4.63. The fourth-order valence-electron chi connectivity index (χ4n) is 1.16. The molecule has 0 unspecified atom stereocenters. The van der Waals surface area contributed by atoms with Gasteiger partial charge in [-0.1, -0.05) is 6.92 Å². The molecule has 0 saturated carbocycles. The van der Waals surface area contributed by atoms with E-state index in [0.717, 1.165) is 0 Å². The van der Waals surface area contributed by atoms with Crippen molar-refractivity contribution in [3.63, 3.8) is 0 Å². The minimum atomic E-state index is -3.72. The smallest absolute Gasteiger partial charge is 0.238 e. The summed E-state index contributed by atoms with van der Waals surface area (Å²) in [6.07, 6.45) is 0. The number of nitrogens with two attached hydrogens (primary N) is 1. The summed E-state index contributed by atoms with van der Waals surface area (Å²) >= 11 is 0. The normalized spacial score (nSPS) is 12.3. The Bertz CT molecular complexity index is 590. The summed E-state index contributed by atoms with van der Waals surface area (Å²) in [7, 11) is -6.78. The first kappa shape index (κ1) is 14.9. The second kappa shape index (κ2) is 5.68. The van der Waals surface area contributed by atoms with Crippen molar-refractivity contribution in [2.75, 3.05) is 18.1 Å². The molecule has 0 aliphatic carbocycles. The summed E-state index contributed by atoms with van der Waals surface area (Å²) in [5.41, 5.74) is 0. The van der Waals surface area contributed by atoms with Gasteiger partial charge in [-0.3, -0.25) is 0 Å². The maximum absolute atomic E-state index is 11.2. The second-order valence-corrected chi connectivity index (χ2v) is 7.64. The van der Waals surface area contributed by atoms with E-state index in [4.69, 9.17) is 9.88 Å². The van der Waals surface area contributed by atoms with E-state index in [2.05, 4.69) is 0 Å². The zero-order valence-electron chi connectivity index (χ0n) is 9.87. The summed E-state index contributed by atoms with van der Waals surface area (Å²) in [5.74, 6) is 0.398. The highest BCUT2D eigenvalue weighted by Crippen LogP contribution is 2.14. The molecule has 102 valence electrons. The molecule has 1 rings (SSSR count). The molecule has 0 atom stereocenters. The van der Waals surface area contributed by atoms with Crippen LogP contribution < -0.4 is 9.88 Å². The number of ether oxygens (including phenoxy) is 1. The Labute approximate surface area is 107 Å². The minimum absolute atomic E-state index is 0.0176. The lowest BCUT2D eigenvalue weighted by Crippen LogP contribution is -2.15. The number of sulfonamides is 1. The van der Waals surface area contributed by atoms with Gasteiger partial charge < -0.3 is 4.74 Å². The summed E-state index contributed by atoms with van der Waals surface area (Å²) in [6, 6.07) is 5.47. The highest BCUT2D eigenvalue weighted by atomic mass is 32.2. The fraction of sp³-hybridized carbons (Fsp3) is 0.400. The molecule has 0 spiro atoms. The lowest BCUT2D eigenvalue weighted by Gasteiger charge is -2.06. The third-order valence-corrected chi connectivity index (χ3v) is 4.85. The lowest BCUT2D eigenvalue weighted by molar-refractivity contribution is 0.340. The Balaban J connectivity index is 2.61. The Morgan fingerprint density at radius 1 is 1.11 bits per heavy atom. The summed E-state index contributed by atoms with van der Waals surface area (Å²) in [4.78, 5) is -0.0176. The first-order chi connectivity index (χ1) is 8.24. The van der Waals surface area contributed by atoms with Crippen LogP contribution >= 0.6 is 0 Å². The molecule has 0 fully saturated rings. The van der Waals surface area contributed by atoms with Gasteiger partial charge in [0.15, 0.2) is 9.84 Å². The molecule has 0 aromatic heterocycles. The molecule has 1 aromatic carbocycles. The van der Waals surface area contributed by atoms with Gasteiger partial charge >= 0.3 is 0 Å². The van der Waals surface area contributed by atoms with Crippen molar-refractivity contribution in [1.29, 1.82) is 0 Å². The number of primary sulfonamides is 1. The SMILES string of the molecule is CCS(=O)(=O)CCOc1ccc(S(N)(=O)=O)cc1. The van der Waals surface area contributed by atoms with Gasteiger partial charge in [0.05, 0.1) is 10.6 Å². The van der Waals surface area contributed by atoms with Gasteiger partial charge in [-0.05, 0) is 24.3 Å². The molecule has 6 nitrogen and oxygen atoms in total. The number of hydrogen-bond acceptors (Lipinski definition) is 5. The van der Waals surface area contributed by atoms with E-state index in [1.54, 1.807) is 6.92 Å². The van der Waals surface area contributed by atoms with Gasteiger partial charge in [0, 0.05) is 5.75 Å². The Kier molecular flexibility index (Phi) is 4.71. The molecule has 1 aromatic rings. The summed E-state index contributed by atoms with van der Waals surface area (Å²) in [5, 5.41) is 4.93. The van der Waals surface area contributed by atoms with Crippen molar-refractivity contribution in [1.82, 2.24) is 0 Å². The largest absolute Gasteiger partial charge is 0.493 e. The van der Waals surface area contributed by atoms with Gasteiger partial charge in [0.25, 0.3) is 0 Å². The molecule has 2 N–H and O–H groups in total. The predicted octanol–water partition coefficient (Wildman–Crippen LogP) is 0.148. The quantitative estimate of drug-likeness (QED) is 0.804. The van der Waals surface area contributed by atoms with Crippen LogP contribution in [0.5, 0.6) is 5.75 Å². The molecule has 0 heterocycles. The fourth-order valence-corrected chi connectivity index (χ4v) is 2.30. The molecule has 0 amide bonds. The van der Waals surface area contributed by atoms with E-state index < -0.39 is 19.9 Å². The van der Waals surface area contributed by atoms with Crippen LogP contribution in [0.25, 0.3) is 0 Å². The molecular weight excluding hydrogens is 278 g/mol. The summed E-state index contributed by atoms with van der Waals surface area (Å²) < 4.78 is 49.6. The number of hydrogen-bond donors (Lipinski definition) is 1. The van der Waals surface area contributed by atoms with Crippen LogP contribution in [0, 0.1) is 0 Å². The zero-order valence-corrected chi connectivity index (χ0v) is 11.5. The van der Waals surface area contributed by atoms with E-state index in [-0.39, 0.29) is 23.0 Å². The Morgan fingerprint density at radius 2 is 1.67 bits per heavy atom. The van der Waals surface area contributed by atoms with Crippen molar-refractivity contribution < 1.29 is 21.6 Å². The van der Waals surface area contributed by atoms with Crippen LogP contribution in [0.15, 0.2) is 29.2 Å². The Morgan fingerprint density at radius 3 is 2.11 bits per heavy atom. The zero-order chi connectivity index (χ0) is 13.8. The van der Waals surface area contributed by atoms with Crippen molar-refractivity contribution in [3.8, 4) is 5.75 Å². The number of benzene rings is 1. The van der Waals surface area contributed by atoms with Gasteiger partial charge in [0.1, 0.15) is 12.4 Å². The van der Waals surface area contributed by atoms with Crippen LogP contribution in [0.3, 0.4) is 0 Å². The van der Waals surface area contributed by atoms with Crippen molar-refractivity contribution in [2.24, 2.45) is 5.14 Å². The standard InChI is InChI=1S/C10H15NO5S2/c1-2-17(12,13)8-7-16-9-3-5-10(6-4-9)18(11,14)15/h3-6H,2,7-8H2,1H3,(H2,11,14,15). The molecule has 0 saturated heterocycles. The summed E-state index contributed by atoms with van der Waals surface area (Å²) in [6.45, 7) is 1.60. The maximum Gasteiger partial charge on any atom is 0.238 e. The lowest BCUT2D eigenvalue weighted by atomic mass is 10.3. The van der Waals surface area contributed by atoms with Gasteiger partial charge in [-0.2, -0.15) is 0 Å². The number of rotatable bonds is 6. The third-order valence-electron chi connectivity index (χ3n) is 2.26. The van der Waals surface area contributed by atoms with Crippen molar-refractivity contribution in [2.45, 2.75) is 11.8 Å². The van der Waals surface area contributed by atoms with Gasteiger partial charge in [-0.25, -0.2) is 22.0 Å². The van der Waals surface area contributed by atoms with Crippen molar-refractivity contribution in [3.05, 3.63) is 24.3 Å². The van der Waals surface area contributed by atoms with Gasteiger partial charge in [0.2, 0.25) is 10.0 Å². The highest BCUT2D eigenvalue weighted by molar-refractivity contribution is 7.91. The molecular formula is C10H15NO5S2. The van der Waals surface area contributed by atoms with Crippen molar-refractivity contribution >= 4 is 19.9 Å². The van der Waals surface area contributed by atoms with Crippen LogP contribution in [-0.2, 0) is 19.9 Å². The maximum atomic E-state index is 11.2. The van der Waals surface area contributed by atoms with E-state index in [1.165, 1.54) is 24.3 Å². The van der Waals surface area contributed by atoms with Gasteiger partial charge in [-0.15, -0.1) is 0 Å². The average molecular weight is 293 g/mol. The van der Waals surface area contributed by atoms with E-state index in [9.17, 15) is 16.8 Å². The second-order valence-electron chi connectivity index (χ2n) is 3.60. The minimum Gasteiger partial charge on any atom is -0.493 e. The number of sulfone groups is 1. The first-order valence-corrected chi connectivity index (χ1v) is 8.57. The molecule has 8 heteroatoms. The van der Waals surface area contributed by atoms with Crippen LogP contribution in [0.1, 0.15) is 6.92 Å². The topological polar surface area (TPSA) is 104 Å². The molecule has 0 bridgehead atoms. The first-order valence-electron chi connectivity index (χ1n) is 5.21. The average Bonchev–Trinajstić information content (AvgIpc) is 2.28. The Hall–Kier alpha value is -1.12. The van der Waals surface area contributed by atoms with E-state index in [1.807, 2.05) is 0 Å². The van der Waals surface area contributed by atoms with E-state index >= 15 is 0 Å². The highest BCUT2D eigenvalue weighted by Gasteiger charge is 2.09. The molecule has 18 heavy (non-hydrogen) atoms. The predicted molar refractivity (Wildman–Crippen MR) is 67.6 cm³/mol.